The monoisotopic (exact) mass is 234 g/mol. The van der Waals surface area contributed by atoms with Gasteiger partial charge in [0.2, 0.25) is 0 Å². The summed E-state index contributed by atoms with van der Waals surface area (Å²) in [5.74, 6) is 0. The molecular weight excluding hydrogens is 212 g/mol. The molecule has 0 fully saturated rings. The summed E-state index contributed by atoms with van der Waals surface area (Å²) in [6, 6.07) is 7.07. The Labute approximate surface area is 104 Å². The Morgan fingerprint density at radius 1 is 1.47 bits per heavy atom. The van der Waals surface area contributed by atoms with Gasteiger partial charge in [-0.05, 0) is 30.9 Å². The van der Waals surface area contributed by atoms with E-state index in [1.165, 1.54) is 16.8 Å². The fourth-order valence-electron chi connectivity index (χ4n) is 2.24. The Hall–Kier alpha value is -1.06. The molecule has 1 aliphatic heterocycles. The summed E-state index contributed by atoms with van der Waals surface area (Å²) in [7, 11) is 1.75. The minimum atomic E-state index is 0.493. The van der Waals surface area contributed by atoms with Crippen LogP contribution in [0.3, 0.4) is 0 Å². The minimum Gasteiger partial charge on any atom is -0.385 e. The molecule has 3 nitrogen and oxygen atoms in total. The zero-order valence-corrected chi connectivity index (χ0v) is 10.8. The van der Waals surface area contributed by atoms with Crippen molar-refractivity contribution in [2.24, 2.45) is 0 Å². The zero-order valence-electron chi connectivity index (χ0n) is 10.8. The first-order valence-corrected chi connectivity index (χ1v) is 6.38. The van der Waals surface area contributed by atoms with Gasteiger partial charge < -0.3 is 15.4 Å². The van der Waals surface area contributed by atoms with Crippen molar-refractivity contribution in [1.82, 2.24) is 5.32 Å². The van der Waals surface area contributed by atoms with Crippen LogP contribution in [-0.4, -0.2) is 26.3 Å². The van der Waals surface area contributed by atoms with Gasteiger partial charge in [-0.25, -0.2) is 0 Å². The number of hydrogen-bond acceptors (Lipinski definition) is 3. The predicted octanol–water partition coefficient (Wildman–Crippen LogP) is 2.17. The number of para-hydroxylation sites is 1. The molecule has 0 saturated carbocycles. The van der Waals surface area contributed by atoms with E-state index in [1.54, 1.807) is 7.11 Å². The lowest BCUT2D eigenvalue weighted by atomic mass is 10.1. The third-order valence-electron chi connectivity index (χ3n) is 3.33. The Morgan fingerprint density at radius 2 is 2.35 bits per heavy atom. The molecule has 0 bridgehead atoms. The van der Waals surface area contributed by atoms with E-state index in [1.807, 2.05) is 0 Å². The van der Waals surface area contributed by atoms with Crippen LogP contribution >= 0.6 is 0 Å². The molecule has 17 heavy (non-hydrogen) atoms. The highest BCUT2D eigenvalue weighted by Crippen LogP contribution is 2.26. The van der Waals surface area contributed by atoms with Crippen molar-refractivity contribution in [3.8, 4) is 0 Å². The molecule has 1 aliphatic rings. The van der Waals surface area contributed by atoms with Gasteiger partial charge in [0.05, 0.1) is 0 Å². The lowest BCUT2D eigenvalue weighted by Gasteiger charge is -2.15. The Balaban J connectivity index is 1.89. The van der Waals surface area contributed by atoms with Crippen molar-refractivity contribution in [2.45, 2.75) is 32.4 Å². The van der Waals surface area contributed by atoms with Gasteiger partial charge in [-0.1, -0.05) is 18.2 Å². The maximum Gasteiger partial charge on any atom is 0.0476 e. The standard InChI is InChI=1S/C14H22N2O/c1-11(7-9-17-2)16-10-13-5-3-4-12-6-8-15-14(12)13/h3-5,11,15-16H,6-10H2,1-2H3. The maximum atomic E-state index is 5.09. The second-order valence-corrected chi connectivity index (χ2v) is 4.69. The van der Waals surface area contributed by atoms with E-state index in [4.69, 9.17) is 4.74 Å². The van der Waals surface area contributed by atoms with Crippen molar-refractivity contribution >= 4 is 5.69 Å². The van der Waals surface area contributed by atoms with Crippen molar-refractivity contribution in [2.75, 3.05) is 25.6 Å². The minimum absolute atomic E-state index is 0.493. The third-order valence-corrected chi connectivity index (χ3v) is 3.33. The van der Waals surface area contributed by atoms with Crippen LogP contribution in [0.5, 0.6) is 0 Å². The van der Waals surface area contributed by atoms with Crippen LogP contribution in [0, 0.1) is 0 Å². The lowest BCUT2D eigenvalue weighted by molar-refractivity contribution is 0.184. The van der Waals surface area contributed by atoms with Crippen LogP contribution in [0.15, 0.2) is 18.2 Å². The number of methoxy groups -OCH3 is 1. The number of nitrogens with one attached hydrogen (secondary N) is 2. The molecule has 1 atom stereocenters. The van der Waals surface area contributed by atoms with E-state index in [9.17, 15) is 0 Å². The molecule has 94 valence electrons. The van der Waals surface area contributed by atoms with Crippen molar-refractivity contribution in [3.63, 3.8) is 0 Å². The molecule has 0 aliphatic carbocycles. The first-order chi connectivity index (χ1) is 8.31. The molecule has 0 aromatic heterocycles. The number of anilines is 1. The van der Waals surface area contributed by atoms with Crippen LogP contribution < -0.4 is 10.6 Å². The summed E-state index contributed by atoms with van der Waals surface area (Å²) in [5, 5.41) is 7.01. The van der Waals surface area contributed by atoms with Crippen LogP contribution in [0.2, 0.25) is 0 Å². The summed E-state index contributed by atoms with van der Waals surface area (Å²) in [5.41, 5.74) is 4.18. The van der Waals surface area contributed by atoms with Gasteiger partial charge >= 0.3 is 0 Å². The highest BCUT2D eigenvalue weighted by atomic mass is 16.5. The molecular formula is C14H22N2O. The molecule has 0 spiro atoms. The van der Waals surface area contributed by atoms with Crippen LogP contribution in [0.1, 0.15) is 24.5 Å². The smallest absolute Gasteiger partial charge is 0.0476 e. The van der Waals surface area contributed by atoms with Crippen molar-refractivity contribution in [3.05, 3.63) is 29.3 Å². The molecule has 0 radical (unpaired) electrons. The number of ether oxygens (including phenoxy) is 1. The second-order valence-electron chi connectivity index (χ2n) is 4.69. The average molecular weight is 234 g/mol. The van der Waals surface area contributed by atoms with E-state index < -0.39 is 0 Å². The van der Waals surface area contributed by atoms with E-state index in [2.05, 4.69) is 35.8 Å². The molecule has 2 rings (SSSR count). The summed E-state index contributed by atoms with van der Waals surface area (Å²) in [6.45, 7) is 5.03. The Bertz CT molecular complexity index is 365. The van der Waals surface area contributed by atoms with Gasteiger partial charge in [-0.3, -0.25) is 0 Å². The number of fused-ring (bicyclic) bond motifs is 1. The summed E-state index contributed by atoms with van der Waals surface area (Å²) < 4.78 is 5.09. The first-order valence-electron chi connectivity index (χ1n) is 6.38. The molecule has 1 aromatic carbocycles. The van der Waals surface area contributed by atoms with Crippen molar-refractivity contribution in [1.29, 1.82) is 0 Å². The fraction of sp³-hybridized carbons (Fsp3) is 0.571. The fourth-order valence-corrected chi connectivity index (χ4v) is 2.24. The van der Waals surface area contributed by atoms with E-state index >= 15 is 0 Å². The van der Waals surface area contributed by atoms with Gasteiger partial charge in [0.1, 0.15) is 0 Å². The molecule has 1 aromatic rings. The summed E-state index contributed by atoms with van der Waals surface area (Å²) in [4.78, 5) is 0. The average Bonchev–Trinajstić information content (AvgIpc) is 2.82. The maximum absolute atomic E-state index is 5.09. The largest absolute Gasteiger partial charge is 0.385 e. The number of hydrogen-bond donors (Lipinski definition) is 2. The normalized spacial score (nSPS) is 15.4. The van der Waals surface area contributed by atoms with E-state index in [-0.39, 0.29) is 0 Å². The van der Waals surface area contributed by atoms with Gasteiger partial charge in [0, 0.05) is 38.5 Å². The molecule has 1 heterocycles. The van der Waals surface area contributed by atoms with Crippen LogP contribution in [-0.2, 0) is 17.7 Å². The third kappa shape index (κ3) is 3.20. The van der Waals surface area contributed by atoms with Crippen molar-refractivity contribution < 1.29 is 4.74 Å². The Kier molecular flexibility index (Phi) is 4.40. The van der Waals surface area contributed by atoms with Gasteiger partial charge in [0.25, 0.3) is 0 Å². The molecule has 0 saturated heterocycles. The van der Waals surface area contributed by atoms with E-state index in [0.717, 1.165) is 32.5 Å². The number of rotatable bonds is 6. The topological polar surface area (TPSA) is 33.3 Å². The highest BCUT2D eigenvalue weighted by molar-refractivity contribution is 5.61. The highest BCUT2D eigenvalue weighted by Gasteiger charge is 2.13. The zero-order chi connectivity index (χ0) is 12.1. The second kappa shape index (κ2) is 6.03. The molecule has 3 heteroatoms. The Morgan fingerprint density at radius 3 is 3.18 bits per heavy atom. The van der Waals surface area contributed by atoms with E-state index in [0.29, 0.717) is 6.04 Å². The molecule has 2 N–H and O–H groups in total. The van der Waals surface area contributed by atoms with Crippen LogP contribution in [0.25, 0.3) is 0 Å². The first kappa shape index (κ1) is 12.4. The number of benzene rings is 1. The van der Waals surface area contributed by atoms with Gasteiger partial charge in [0.15, 0.2) is 0 Å². The molecule has 0 amide bonds. The SMILES string of the molecule is COCCC(C)NCc1cccc2c1NCC2. The van der Waals surface area contributed by atoms with Gasteiger partial charge in [-0.15, -0.1) is 0 Å². The van der Waals surface area contributed by atoms with Crippen LogP contribution in [0.4, 0.5) is 5.69 Å². The summed E-state index contributed by atoms with van der Waals surface area (Å²) in [6.07, 6.45) is 2.21. The predicted molar refractivity (Wildman–Crippen MR) is 71.4 cm³/mol. The quantitative estimate of drug-likeness (QED) is 0.791. The lowest BCUT2D eigenvalue weighted by Crippen LogP contribution is -2.26. The summed E-state index contributed by atoms with van der Waals surface area (Å²) >= 11 is 0. The molecule has 1 unspecified atom stereocenters. The van der Waals surface area contributed by atoms with Gasteiger partial charge in [-0.2, -0.15) is 0 Å².